The van der Waals surface area contributed by atoms with E-state index in [1.165, 1.54) is 4.90 Å². The Bertz CT molecular complexity index is 607. The van der Waals surface area contributed by atoms with Gasteiger partial charge in [-0.2, -0.15) is 0 Å². The SMILES string of the molecule is COc1ccc(OC)c(C(N)CSc2ccccc2Br)c1. The highest BCUT2D eigenvalue weighted by atomic mass is 79.9. The van der Waals surface area contributed by atoms with Gasteiger partial charge in [0.15, 0.2) is 0 Å². The molecule has 0 amide bonds. The largest absolute Gasteiger partial charge is 0.497 e. The normalized spacial score (nSPS) is 12.0. The summed E-state index contributed by atoms with van der Waals surface area (Å²) in [6, 6.07) is 13.7. The van der Waals surface area contributed by atoms with Crippen molar-refractivity contribution >= 4 is 27.7 Å². The number of nitrogens with two attached hydrogens (primary N) is 1. The fraction of sp³-hybridized carbons (Fsp3) is 0.250. The van der Waals surface area contributed by atoms with Gasteiger partial charge in [-0.3, -0.25) is 0 Å². The van der Waals surface area contributed by atoms with E-state index in [0.29, 0.717) is 0 Å². The predicted octanol–water partition coefficient (Wildman–Crippen LogP) is 4.26. The van der Waals surface area contributed by atoms with Crippen LogP contribution in [0.5, 0.6) is 11.5 Å². The fourth-order valence-corrected chi connectivity index (χ4v) is 3.51. The lowest BCUT2D eigenvalue weighted by atomic mass is 10.1. The van der Waals surface area contributed by atoms with E-state index in [9.17, 15) is 0 Å². The summed E-state index contributed by atoms with van der Waals surface area (Å²) in [7, 11) is 3.30. The number of rotatable bonds is 6. The molecule has 0 bridgehead atoms. The summed E-state index contributed by atoms with van der Waals surface area (Å²) in [6.45, 7) is 0. The molecule has 0 heterocycles. The van der Waals surface area contributed by atoms with Crippen LogP contribution in [-0.4, -0.2) is 20.0 Å². The first-order valence-electron chi connectivity index (χ1n) is 6.50. The molecule has 3 nitrogen and oxygen atoms in total. The van der Waals surface area contributed by atoms with E-state index in [1.54, 1.807) is 26.0 Å². The molecule has 2 N–H and O–H groups in total. The molecule has 5 heteroatoms. The minimum absolute atomic E-state index is 0.132. The van der Waals surface area contributed by atoms with Crippen molar-refractivity contribution in [3.8, 4) is 11.5 Å². The van der Waals surface area contributed by atoms with Gasteiger partial charge in [-0.1, -0.05) is 12.1 Å². The Morgan fingerprint density at radius 3 is 2.57 bits per heavy atom. The standard InChI is InChI=1S/C16H18BrNO2S/c1-19-11-7-8-15(20-2)12(9-11)14(18)10-21-16-6-4-3-5-13(16)17/h3-9,14H,10,18H2,1-2H3. The molecule has 112 valence electrons. The highest BCUT2D eigenvalue weighted by molar-refractivity contribution is 9.10. The zero-order valence-corrected chi connectivity index (χ0v) is 14.4. The Morgan fingerprint density at radius 1 is 1.14 bits per heavy atom. The molecule has 1 atom stereocenters. The van der Waals surface area contributed by atoms with E-state index in [2.05, 4.69) is 22.0 Å². The summed E-state index contributed by atoms with van der Waals surface area (Å²) < 4.78 is 11.7. The highest BCUT2D eigenvalue weighted by Crippen LogP contribution is 2.33. The molecule has 0 spiro atoms. The molecular weight excluding hydrogens is 350 g/mol. The van der Waals surface area contributed by atoms with E-state index in [1.807, 2.05) is 36.4 Å². The van der Waals surface area contributed by atoms with Crippen molar-refractivity contribution < 1.29 is 9.47 Å². The van der Waals surface area contributed by atoms with Gasteiger partial charge in [-0.25, -0.2) is 0 Å². The molecule has 0 saturated carbocycles. The fourth-order valence-electron chi connectivity index (χ4n) is 1.96. The summed E-state index contributed by atoms with van der Waals surface area (Å²) in [4.78, 5) is 1.18. The van der Waals surface area contributed by atoms with Gasteiger partial charge in [0.05, 0.1) is 14.2 Å². The smallest absolute Gasteiger partial charge is 0.123 e. The lowest BCUT2D eigenvalue weighted by Gasteiger charge is -2.17. The van der Waals surface area contributed by atoms with Crippen LogP contribution in [0.25, 0.3) is 0 Å². The minimum Gasteiger partial charge on any atom is -0.497 e. The summed E-state index contributed by atoms with van der Waals surface area (Å²) in [6.07, 6.45) is 0. The number of methoxy groups -OCH3 is 2. The van der Waals surface area contributed by atoms with Crippen LogP contribution < -0.4 is 15.2 Å². The number of halogens is 1. The van der Waals surface area contributed by atoms with Gasteiger partial charge in [0.2, 0.25) is 0 Å². The molecule has 0 aliphatic rings. The molecule has 0 fully saturated rings. The van der Waals surface area contributed by atoms with Crippen molar-refractivity contribution in [2.75, 3.05) is 20.0 Å². The second-order valence-corrected chi connectivity index (χ2v) is 6.37. The van der Waals surface area contributed by atoms with E-state index < -0.39 is 0 Å². The molecule has 1 unspecified atom stereocenters. The number of benzene rings is 2. The van der Waals surface area contributed by atoms with Gasteiger partial charge in [0, 0.05) is 26.7 Å². The van der Waals surface area contributed by atoms with E-state index in [0.717, 1.165) is 27.3 Å². The molecule has 0 aromatic heterocycles. The molecule has 0 aliphatic carbocycles. The Hall–Kier alpha value is -1.17. The molecule has 2 rings (SSSR count). The molecule has 0 saturated heterocycles. The molecule has 0 radical (unpaired) electrons. The maximum atomic E-state index is 6.32. The zero-order valence-electron chi connectivity index (χ0n) is 12.0. The molecule has 0 aliphatic heterocycles. The average molecular weight is 368 g/mol. The van der Waals surface area contributed by atoms with Crippen LogP contribution in [0, 0.1) is 0 Å². The summed E-state index contributed by atoms with van der Waals surface area (Å²) >= 11 is 5.26. The number of hydrogen-bond donors (Lipinski definition) is 1. The summed E-state index contributed by atoms with van der Waals surface area (Å²) in [5.41, 5.74) is 7.28. The monoisotopic (exact) mass is 367 g/mol. The summed E-state index contributed by atoms with van der Waals surface area (Å²) in [5.74, 6) is 2.33. The second kappa shape index (κ2) is 7.73. The van der Waals surface area contributed by atoms with Crippen LogP contribution in [0.1, 0.15) is 11.6 Å². The molecular formula is C16H18BrNO2S. The van der Waals surface area contributed by atoms with Crippen molar-refractivity contribution in [3.05, 3.63) is 52.5 Å². The lowest BCUT2D eigenvalue weighted by Crippen LogP contribution is -2.14. The Kier molecular flexibility index (Phi) is 5.96. The van der Waals surface area contributed by atoms with E-state index in [4.69, 9.17) is 15.2 Å². The first-order chi connectivity index (χ1) is 10.2. The van der Waals surface area contributed by atoms with Gasteiger partial charge in [-0.05, 0) is 46.3 Å². The Morgan fingerprint density at radius 2 is 1.90 bits per heavy atom. The third kappa shape index (κ3) is 4.15. The van der Waals surface area contributed by atoms with Gasteiger partial charge in [0.1, 0.15) is 11.5 Å². The van der Waals surface area contributed by atoms with Gasteiger partial charge in [0.25, 0.3) is 0 Å². The second-order valence-electron chi connectivity index (χ2n) is 4.46. The first kappa shape index (κ1) is 16.2. The van der Waals surface area contributed by atoms with Crippen molar-refractivity contribution in [2.24, 2.45) is 5.73 Å². The first-order valence-corrected chi connectivity index (χ1v) is 8.28. The molecule has 2 aromatic rings. The average Bonchev–Trinajstić information content (AvgIpc) is 2.53. The third-order valence-electron chi connectivity index (χ3n) is 3.09. The highest BCUT2D eigenvalue weighted by Gasteiger charge is 2.14. The maximum absolute atomic E-state index is 6.32. The number of thioether (sulfide) groups is 1. The minimum atomic E-state index is -0.132. The quantitative estimate of drug-likeness (QED) is 0.774. The zero-order chi connectivity index (χ0) is 15.2. The van der Waals surface area contributed by atoms with Crippen LogP contribution in [0.3, 0.4) is 0 Å². The van der Waals surface area contributed by atoms with Crippen LogP contribution in [0.15, 0.2) is 51.8 Å². The van der Waals surface area contributed by atoms with Crippen molar-refractivity contribution in [3.63, 3.8) is 0 Å². The molecule has 2 aromatic carbocycles. The number of ether oxygens (including phenoxy) is 2. The lowest BCUT2D eigenvalue weighted by molar-refractivity contribution is 0.396. The van der Waals surface area contributed by atoms with Crippen molar-refractivity contribution in [2.45, 2.75) is 10.9 Å². The maximum Gasteiger partial charge on any atom is 0.123 e. The van der Waals surface area contributed by atoms with Crippen molar-refractivity contribution in [1.29, 1.82) is 0 Å². The summed E-state index contributed by atoms with van der Waals surface area (Å²) in [5, 5.41) is 0. The Balaban J connectivity index is 2.13. The van der Waals surface area contributed by atoms with Gasteiger partial charge in [-0.15, -0.1) is 11.8 Å². The Labute approximate surface area is 138 Å². The van der Waals surface area contributed by atoms with Crippen LogP contribution >= 0.6 is 27.7 Å². The number of hydrogen-bond acceptors (Lipinski definition) is 4. The van der Waals surface area contributed by atoms with Crippen molar-refractivity contribution in [1.82, 2.24) is 0 Å². The van der Waals surface area contributed by atoms with Gasteiger partial charge >= 0.3 is 0 Å². The van der Waals surface area contributed by atoms with Crippen LogP contribution in [0.4, 0.5) is 0 Å². The van der Waals surface area contributed by atoms with Crippen LogP contribution in [0.2, 0.25) is 0 Å². The third-order valence-corrected chi connectivity index (χ3v) is 5.24. The van der Waals surface area contributed by atoms with Gasteiger partial charge < -0.3 is 15.2 Å². The molecule has 21 heavy (non-hydrogen) atoms. The van der Waals surface area contributed by atoms with E-state index >= 15 is 0 Å². The van der Waals surface area contributed by atoms with E-state index in [-0.39, 0.29) is 6.04 Å². The predicted molar refractivity (Wildman–Crippen MR) is 91.3 cm³/mol. The topological polar surface area (TPSA) is 44.5 Å². The van der Waals surface area contributed by atoms with Crippen LogP contribution in [-0.2, 0) is 0 Å².